The largest absolute Gasteiger partial charge is 0.490 e. The van der Waals surface area contributed by atoms with Gasteiger partial charge in [0, 0.05) is 18.0 Å². The molecule has 6 nitrogen and oxygen atoms in total. The molecule has 1 heterocycles. The third-order valence-electron chi connectivity index (χ3n) is 4.88. The Balaban J connectivity index is 1.63. The number of amides is 2. The van der Waals surface area contributed by atoms with Crippen LogP contribution in [0, 0.1) is 0 Å². The molecular weight excluding hydrogens is 392 g/mol. The van der Waals surface area contributed by atoms with Gasteiger partial charge in [-0.2, -0.15) is 0 Å². The number of aryl methyl sites for hydroxylation is 1. The Morgan fingerprint density at radius 2 is 1.86 bits per heavy atom. The molecule has 154 valence electrons. The Morgan fingerprint density at radius 3 is 2.55 bits per heavy atom. The van der Waals surface area contributed by atoms with Crippen molar-refractivity contribution in [3.63, 3.8) is 0 Å². The maximum absolute atomic E-state index is 12.8. The van der Waals surface area contributed by atoms with Crippen LogP contribution < -0.4 is 10.5 Å². The maximum atomic E-state index is 12.8. The number of carbonyl (C=O) groups is 2. The average molecular weight is 417 g/mol. The van der Waals surface area contributed by atoms with Gasteiger partial charge in [0.15, 0.2) is 0 Å². The number of benzene rings is 2. The lowest BCUT2D eigenvalue weighted by molar-refractivity contribution is -0.161. The van der Waals surface area contributed by atoms with E-state index in [1.54, 1.807) is 29.2 Å². The number of hydrogen-bond donors (Lipinski definition) is 1. The van der Waals surface area contributed by atoms with Crippen molar-refractivity contribution < 1.29 is 19.1 Å². The molecule has 2 N–H and O–H groups in total. The highest BCUT2D eigenvalue weighted by atomic mass is 35.5. The van der Waals surface area contributed by atoms with E-state index < -0.39 is 11.5 Å². The van der Waals surface area contributed by atoms with Crippen molar-refractivity contribution in [3.05, 3.63) is 65.2 Å². The van der Waals surface area contributed by atoms with E-state index in [4.69, 9.17) is 26.8 Å². The fourth-order valence-electron chi connectivity index (χ4n) is 3.42. The maximum Gasteiger partial charge on any atom is 0.223 e. The van der Waals surface area contributed by atoms with Crippen molar-refractivity contribution in [2.45, 2.75) is 24.9 Å². The minimum Gasteiger partial charge on any atom is -0.490 e. The van der Waals surface area contributed by atoms with Crippen molar-refractivity contribution in [1.29, 1.82) is 0 Å². The summed E-state index contributed by atoms with van der Waals surface area (Å²) in [6, 6.07) is 16.8. The molecule has 1 aliphatic heterocycles. The quantitative estimate of drug-likeness (QED) is 0.717. The summed E-state index contributed by atoms with van der Waals surface area (Å²) < 4.78 is 11.8. The smallest absolute Gasteiger partial charge is 0.223 e. The van der Waals surface area contributed by atoms with Gasteiger partial charge in [-0.1, -0.05) is 41.9 Å². The molecule has 0 unspecified atom stereocenters. The van der Waals surface area contributed by atoms with Crippen LogP contribution in [0.25, 0.3) is 0 Å². The first-order valence-electron chi connectivity index (χ1n) is 9.58. The standard InChI is InChI=1S/C22H25ClN2O4/c23-18-7-9-19(10-8-18)28-16-22(14-20(24)26)15-25(12-13-29-22)21(27)11-6-17-4-2-1-3-5-17/h1-5,7-10H,6,11-16H2,(H2,24,26)/t22-/m1/s1. The zero-order valence-corrected chi connectivity index (χ0v) is 16.9. The first-order chi connectivity index (χ1) is 14.0. The Bertz CT molecular complexity index is 828. The summed E-state index contributed by atoms with van der Waals surface area (Å²) in [6.45, 7) is 1.18. The Kier molecular flexibility index (Phi) is 7.12. The Labute approximate surface area is 175 Å². The minimum atomic E-state index is -0.966. The summed E-state index contributed by atoms with van der Waals surface area (Å²) in [5.41, 5.74) is 5.61. The van der Waals surface area contributed by atoms with Gasteiger partial charge in [-0.15, -0.1) is 0 Å². The van der Waals surface area contributed by atoms with Crippen LogP contribution in [0.15, 0.2) is 54.6 Å². The molecule has 0 saturated carbocycles. The van der Waals surface area contributed by atoms with E-state index in [0.29, 0.717) is 36.8 Å². The molecule has 1 atom stereocenters. The number of ether oxygens (including phenoxy) is 2. The van der Waals surface area contributed by atoms with Gasteiger partial charge in [0.25, 0.3) is 0 Å². The fourth-order valence-corrected chi connectivity index (χ4v) is 3.55. The number of carbonyl (C=O) groups excluding carboxylic acids is 2. The van der Waals surface area contributed by atoms with Crippen LogP contribution in [0.2, 0.25) is 5.02 Å². The van der Waals surface area contributed by atoms with E-state index in [2.05, 4.69) is 0 Å². The van der Waals surface area contributed by atoms with Gasteiger partial charge in [-0.3, -0.25) is 9.59 Å². The van der Waals surface area contributed by atoms with E-state index in [1.807, 2.05) is 30.3 Å². The summed E-state index contributed by atoms with van der Waals surface area (Å²) in [5, 5.41) is 0.605. The van der Waals surface area contributed by atoms with E-state index in [0.717, 1.165) is 5.56 Å². The molecule has 1 aliphatic rings. The first kappa shape index (κ1) is 21.1. The van der Waals surface area contributed by atoms with E-state index in [1.165, 1.54) is 0 Å². The summed E-state index contributed by atoms with van der Waals surface area (Å²) >= 11 is 5.90. The molecule has 29 heavy (non-hydrogen) atoms. The molecule has 7 heteroatoms. The van der Waals surface area contributed by atoms with Crippen molar-refractivity contribution in [1.82, 2.24) is 4.90 Å². The van der Waals surface area contributed by atoms with Crippen molar-refractivity contribution in [2.75, 3.05) is 26.3 Å². The number of rotatable bonds is 8. The third-order valence-corrected chi connectivity index (χ3v) is 5.14. The van der Waals surface area contributed by atoms with Gasteiger partial charge in [0.05, 0.1) is 19.6 Å². The predicted molar refractivity (Wildman–Crippen MR) is 111 cm³/mol. The highest BCUT2D eigenvalue weighted by Gasteiger charge is 2.40. The normalized spacial score (nSPS) is 19.0. The molecule has 0 bridgehead atoms. The first-order valence-corrected chi connectivity index (χ1v) is 9.96. The predicted octanol–water partition coefficient (Wildman–Crippen LogP) is 2.82. The summed E-state index contributed by atoms with van der Waals surface area (Å²) in [7, 11) is 0. The van der Waals surface area contributed by atoms with E-state index >= 15 is 0 Å². The van der Waals surface area contributed by atoms with Crippen molar-refractivity contribution in [2.24, 2.45) is 5.73 Å². The zero-order valence-electron chi connectivity index (χ0n) is 16.2. The Hall–Kier alpha value is -2.57. The minimum absolute atomic E-state index is 0.0247. The van der Waals surface area contributed by atoms with Gasteiger partial charge in [0.2, 0.25) is 11.8 Å². The average Bonchev–Trinajstić information content (AvgIpc) is 2.72. The van der Waals surface area contributed by atoms with Gasteiger partial charge < -0.3 is 20.1 Å². The topological polar surface area (TPSA) is 81.9 Å². The van der Waals surface area contributed by atoms with Crippen LogP contribution in [0.5, 0.6) is 5.75 Å². The second-order valence-corrected chi connectivity index (χ2v) is 7.65. The van der Waals surface area contributed by atoms with Crippen LogP contribution in [0.1, 0.15) is 18.4 Å². The van der Waals surface area contributed by atoms with Crippen molar-refractivity contribution in [3.8, 4) is 5.75 Å². The number of hydrogen-bond acceptors (Lipinski definition) is 4. The second kappa shape index (κ2) is 9.76. The van der Waals surface area contributed by atoms with Crippen LogP contribution >= 0.6 is 11.6 Å². The molecule has 1 saturated heterocycles. The zero-order chi connectivity index (χ0) is 20.7. The summed E-state index contributed by atoms with van der Waals surface area (Å²) in [5.74, 6) is 0.134. The number of primary amides is 1. The second-order valence-electron chi connectivity index (χ2n) is 7.22. The molecule has 0 aromatic heterocycles. The molecular formula is C22H25ClN2O4. The molecule has 0 aliphatic carbocycles. The van der Waals surface area contributed by atoms with Crippen LogP contribution in [-0.2, 0) is 20.7 Å². The van der Waals surface area contributed by atoms with Crippen LogP contribution in [-0.4, -0.2) is 48.6 Å². The molecule has 2 aromatic carbocycles. The van der Waals surface area contributed by atoms with Gasteiger partial charge in [-0.25, -0.2) is 0 Å². The number of nitrogens with zero attached hydrogens (tertiary/aromatic N) is 1. The molecule has 3 rings (SSSR count). The SMILES string of the molecule is NC(=O)C[C@]1(COc2ccc(Cl)cc2)CN(C(=O)CCc2ccccc2)CCO1. The monoisotopic (exact) mass is 416 g/mol. The lowest BCUT2D eigenvalue weighted by atomic mass is 9.97. The molecule has 2 aromatic rings. The van der Waals surface area contributed by atoms with E-state index in [9.17, 15) is 9.59 Å². The number of halogens is 1. The number of nitrogens with two attached hydrogens (primary N) is 1. The highest BCUT2D eigenvalue weighted by molar-refractivity contribution is 6.30. The van der Waals surface area contributed by atoms with Crippen LogP contribution in [0.4, 0.5) is 0 Å². The number of morpholine rings is 1. The van der Waals surface area contributed by atoms with E-state index in [-0.39, 0.29) is 25.5 Å². The van der Waals surface area contributed by atoms with Crippen molar-refractivity contribution >= 4 is 23.4 Å². The van der Waals surface area contributed by atoms with Gasteiger partial charge >= 0.3 is 0 Å². The van der Waals surface area contributed by atoms with Gasteiger partial charge in [0.1, 0.15) is 18.0 Å². The molecule has 1 fully saturated rings. The molecule has 0 radical (unpaired) electrons. The van der Waals surface area contributed by atoms with Crippen LogP contribution in [0.3, 0.4) is 0 Å². The summed E-state index contributed by atoms with van der Waals surface area (Å²) in [6.07, 6.45) is 1.04. The summed E-state index contributed by atoms with van der Waals surface area (Å²) in [4.78, 5) is 26.2. The third kappa shape index (κ3) is 6.21. The highest BCUT2D eigenvalue weighted by Crippen LogP contribution is 2.25. The Morgan fingerprint density at radius 1 is 1.14 bits per heavy atom. The molecule has 2 amide bonds. The van der Waals surface area contributed by atoms with Gasteiger partial charge in [-0.05, 0) is 36.2 Å². The lowest BCUT2D eigenvalue weighted by Gasteiger charge is -2.42. The lowest BCUT2D eigenvalue weighted by Crippen LogP contribution is -2.58. The fraction of sp³-hybridized carbons (Fsp3) is 0.364. The molecule has 0 spiro atoms.